The third kappa shape index (κ3) is 2.43. The molecule has 0 aliphatic heterocycles. The fourth-order valence-electron chi connectivity index (χ4n) is 2.79. The molecule has 0 saturated heterocycles. The lowest BCUT2D eigenvalue weighted by molar-refractivity contribution is 0.335. The molecule has 2 aromatic rings. The minimum atomic E-state index is -0.652. The second-order valence-corrected chi connectivity index (χ2v) is 5.05. The Morgan fingerprint density at radius 1 is 1.20 bits per heavy atom. The van der Waals surface area contributed by atoms with Crippen molar-refractivity contribution in [1.82, 2.24) is 15.5 Å². The highest BCUT2D eigenvalue weighted by atomic mass is 19.1. The molecule has 3 rings (SSSR count). The molecular formula is C14H15F2N3O. The van der Waals surface area contributed by atoms with Gasteiger partial charge in [-0.2, -0.15) is 4.98 Å². The molecule has 1 N–H and O–H groups in total. The molecule has 1 aliphatic rings. The van der Waals surface area contributed by atoms with Gasteiger partial charge in [0.2, 0.25) is 11.7 Å². The zero-order valence-electron chi connectivity index (χ0n) is 11.1. The molecule has 2 unspecified atom stereocenters. The lowest BCUT2D eigenvalue weighted by atomic mass is 10.0. The summed E-state index contributed by atoms with van der Waals surface area (Å²) in [5.74, 6) is -0.387. The molecule has 6 heteroatoms. The zero-order chi connectivity index (χ0) is 14.1. The smallest absolute Gasteiger partial charge is 0.231 e. The maximum absolute atomic E-state index is 13.2. The first-order chi connectivity index (χ1) is 9.67. The summed E-state index contributed by atoms with van der Waals surface area (Å²) in [5, 5.41) is 7.07. The van der Waals surface area contributed by atoms with E-state index in [0.29, 0.717) is 11.9 Å². The second-order valence-electron chi connectivity index (χ2n) is 5.05. The molecular weight excluding hydrogens is 264 g/mol. The highest BCUT2D eigenvalue weighted by Crippen LogP contribution is 2.34. The number of hydrogen-bond acceptors (Lipinski definition) is 4. The third-order valence-corrected chi connectivity index (χ3v) is 3.77. The van der Waals surface area contributed by atoms with Gasteiger partial charge in [-0.3, -0.25) is 0 Å². The van der Waals surface area contributed by atoms with Crippen LogP contribution in [0.2, 0.25) is 0 Å². The van der Waals surface area contributed by atoms with Gasteiger partial charge in [0, 0.05) is 17.7 Å². The summed E-state index contributed by atoms with van der Waals surface area (Å²) in [4.78, 5) is 4.29. The number of hydrogen-bond donors (Lipinski definition) is 1. The number of nitrogens with one attached hydrogen (secondary N) is 1. The first-order valence-electron chi connectivity index (χ1n) is 6.64. The van der Waals surface area contributed by atoms with Crippen molar-refractivity contribution in [1.29, 1.82) is 0 Å². The van der Waals surface area contributed by atoms with Crippen LogP contribution >= 0.6 is 0 Å². The Hall–Kier alpha value is -1.82. The highest BCUT2D eigenvalue weighted by molar-refractivity contribution is 5.54. The van der Waals surface area contributed by atoms with Crippen LogP contribution < -0.4 is 5.32 Å². The average Bonchev–Trinajstić information content (AvgIpc) is 3.06. The monoisotopic (exact) mass is 279 g/mol. The molecule has 0 amide bonds. The number of nitrogens with zero attached hydrogens (tertiary/aromatic N) is 2. The standard InChI is InChI=1S/C14H15F2N3O/c1-17-12-4-2-3-11(12)14-18-13(19-20-14)8-5-9(15)7-10(16)6-8/h5-7,11-12,17H,2-4H2,1H3. The van der Waals surface area contributed by atoms with Crippen molar-refractivity contribution in [3.63, 3.8) is 0 Å². The van der Waals surface area contributed by atoms with Gasteiger partial charge in [0.05, 0.1) is 5.92 Å². The van der Waals surface area contributed by atoms with Crippen LogP contribution in [0.3, 0.4) is 0 Å². The lowest BCUT2D eigenvalue weighted by Crippen LogP contribution is -2.27. The largest absolute Gasteiger partial charge is 0.339 e. The van der Waals surface area contributed by atoms with Crippen molar-refractivity contribution in [3.05, 3.63) is 35.7 Å². The van der Waals surface area contributed by atoms with Crippen LogP contribution in [-0.4, -0.2) is 23.2 Å². The SMILES string of the molecule is CNC1CCCC1c1nc(-c2cc(F)cc(F)c2)no1. The topological polar surface area (TPSA) is 51.0 Å². The van der Waals surface area contributed by atoms with E-state index in [0.717, 1.165) is 25.3 Å². The number of halogens is 2. The molecule has 0 bridgehead atoms. The van der Waals surface area contributed by atoms with Crippen molar-refractivity contribution < 1.29 is 13.3 Å². The summed E-state index contributed by atoms with van der Waals surface area (Å²) in [6.45, 7) is 0. The molecule has 20 heavy (non-hydrogen) atoms. The van der Waals surface area contributed by atoms with Crippen LogP contribution in [-0.2, 0) is 0 Å². The molecule has 4 nitrogen and oxygen atoms in total. The summed E-state index contributed by atoms with van der Waals surface area (Å²) in [6.07, 6.45) is 3.14. The van der Waals surface area contributed by atoms with Gasteiger partial charge >= 0.3 is 0 Å². The van der Waals surface area contributed by atoms with Gasteiger partial charge in [-0.15, -0.1) is 0 Å². The molecule has 2 atom stereocenters. The molecule has 1 aliphatic carbocycles. The fourth-order valence-corrected chi connectivity index (χ4v) is 2.79. The molecule has 1 fully saturated rings. The van der Waals surface area contributed by atoms with Crippen LogP contribution in [0, 0.1) is 11.6 Å². The molecule has 1 aromatic heterocycles. The van der Waals surface area contributed by atoms with E-state index in [-0.39, 0.29) is 17.3 Å². The second kappa shape index (κ2) is 5.28. The lowest BCUT2D eigenvalue weighted by Gasteiger charge is -2.14. The Kier molecular flexibility index (Phi) is 3.48. The molecule has 0 spiro atoms. The first kappa shape index (κ1) is 13.2. The van der Waals surface area contributed by atoms with Gasteiger partial charge in [0.25, 0.3) is 0 Å². The van der Waals surface area contributed by atoms with Gasteiger partial charge in [-0.05, 0) is 32.0 Å². The summed E-state index contributed by atoms with van der Waals surface area (Å²) in [6, 6.07) is 3.52. The third-order valence-electron chi connectivity index (χ3n) is 3.77. The van der Waals surface area contributed by atoms with Crippen molar-refractivity contribution in [2.45, 2.75) is 31.2 Å². The van der Waals surface area contributed by atoms with Crippen molar-refractivity contribution in [2.75, 3.05) is 7.05 Å². The quantitative estimate of drug-likeness (QED) is 0.938. The minimum absolute atomic E-state index is 0.166. The van der Waals surface area contributed by atoms with E-state index in [1.54, 1.807) is 0 Å². The van der Waals surface area contributed by atoms with E-state index in [1.165, 1.54) is 12.1 Å². The minimum Gasteiger partial charge on any atom is -0.339 e. The van der Waals surface area contributed by atoms with Crippen LogP contribution in [0.15, 0.2) is 22.7 Å². The van der Waals surface area contributed by atoms with E-state index >= 15 is 0 Å². The van der Waals surface area contributed by atoms with Crippen LogP contribution in [0.5, 0.6) is 0 Å². The summed E-state index contributed by atoms with van der Waals surface area (Å²) >= 11 is 0. The Balaban J connectivity index is 1.90. The molecule has 106 valence electrons. The number of rotatable bonds is 3. The van der Waals surface area contributed by atoms with E-state index < -0.39 is 11.6 Å². The Morgan fingerprint density at radius 2 is 1.95 bits per heavy atom. The van der Waals surface area contributed by atoms with E-state index in [9.17, 15) is 8.78 Å². The summed E-state index contributed by atoms with van der Waals surface area (Å²) in [5.41, 5.74) is 0.288. The predicted octanol–water partition coefficient (Wildman–Crippen LogP) is 2.87. The van der Waals surface area contributed by atoms with Gasteiger partial charge in [0.15, 0.2) is 0 Å². The zero-order valence-corrected chi connectivity index (χ0v) is 11.1. The number of likely N-dealkylation sites (N-methyl/N-ethyl adjacent to an activating group) is 1. The predicted molar refractivity (Wildman–Crippen MR) is 69.1 cm³/mol. The average molecular weight is 279 g/mol. The molecule has 1 heterocycles. The van der Waals surface area contributed by atoms with Gasteiger partial charge in [-0.25, -0.2) is 8.78 Å². The number of benzene rings is 1. The van der Waals surface area contributed by atoms with Gasteiger partial charge < -0.3 is 9.84 Å². The maximum Gasteiger partial charge on any atom is 0.231 e. The molecule has 0 radical (unpaired) electrons. The summed E-state index contributed by atoms with van der Waals surface area (Å²) < 4.78 is 31.7. The number of aromatic nitrogens is 2. The Bertz CT molecular complexity index is 594. The first-order valence-corrected chi connectivity index (χ1v) is 6.64. The molecule has 1 aromatic carbocycles. The van der Waals surface area contributed by atoms with Crippen molar-refractivity contribution >= 4 is 0 Å². The van der Waals surface area contributed by atoms with Gasteiger partial charge in [0.1, 0.15) is 11.6 Å². The highest BCUT2D eigenvalue weighted by Gasteiger charge is 2.31. The van der Waals surface area contributed by atoms with Crippen LogP contribution in [0.4, 0.5) is 8.78 Å². The molecule has 1 saturated carbocycles. The van der Waals surface area contributed by atoms with Gasteiger partial charge in [-0.1, -0.05) is 11.6 Å². The Labute approximate surface area is 115 Å². The van der Waals surface area contributed by atoms with Crippen molar-refractivity contribution in [2.24, 2.45) is 0 Å². The van der Waals surface area contributed by atoms with Crippen molar-refractivity contribution in [3.8, 4) is 11.4 Å². The van der Waals surface area contributed by atoms with Crippen LogP contribution in [0.25, 0.3) is 11.4 Å². The summed E-state index contributed by atoms with van der Waals surface area (Å²) in [7, 11) is 1.90. The van der Waals surface area contributed by atoms with E-state index in [4.69, 9.17) is 4.52 Å². The maximum atomic E-state index is 13.2. The van der Waals surface area contributed by atoms with E-state index in [2.05, 4.69) is 15.5 Å². The van der Waals surface area contributed by atoms with Crippen LogP contribution in [0.1, 0.15) is 31.1 Å². The Morgan fingerprint density at radius 3 is 2.65 bits per heavy atom. The van der Waals surface area contributed by atoms with E-state index in [1.807, 2.05) is 7.05 Å². The normalized spacial score (nSPS) is 22.4. The fraction of sp³-hybridized carbons (Fsp3) is 0.429.